The molecule has 0 aromatic heterocycles. The van der Waals surface area contributed by atoms with Crippen LogP contribution in [0.15, 0.2) is 53.3 Å². The normalized spacial score (nSPS) is 16.2. The van der Waals surface area contributed by atoms with Gasteiger partial charge < -0.3 is 26.2 Å². The second-order valence-corrected chi connectivity index (χ2v) is 11.9. The van der Waals surface area contributed by atoms with E-state index in [1.165, 1.54) is 24.3 Å². The molecule has 12 nitrogen and oxygen atoms in total. The van der Waals surface area contributed by atoms with Gasteiger partial charge in [0.1, 0.15) is 23.5 Å². The van der Waals surface area contributed by atoms with E-state index in [0.717, 1.165) is 50.5 Å². The number of nitrogens with zero attached hydrogens (tertiary/aromatic N) is 3. The maximum Gasteiger partial charge on any atom is 0.320 e. The van der Waals surface area contributed by atoms with Crippen LogP contribution in [0.25, 0.3) is 6.08 Å². The number of carbonyl (C=O) groups is 2. The van der Waals surface area contributed by atoms with Crippen molar-refractivity contribution in [3.05, 3.63) is 65.0 Å². The van der Waals surface area contributed by atoms with E-state index < -0.39 is 40.0 Å². The third-order valence-corrected chi connectivity index (χ3v) is 8.55. The van der Waals surface area contributed by atoms with Crippen LogP contribution in [0.1, 0.15) is 47.2 Å². The minimum Gasteiger partial charge on any atom is -0.489 e. The first-order valence-corrected chi connectivity index (χ1v) is 15.0. The monoisotopic (exact) mass is 600 g/mol. The number of halogens is 1. The quantitative estimate of drug-likeness (QED) is 0.223. The lowest BCUT2D eigenvalue weighted by Gasteiger charge is -2.34. The minimum atomic E-state index is -4.59. The predicted molar refractivity (Wildman–Crippen MR) is 157 cm³/mol. The molecule has 1 amide bonds. The van der Waals surface area contributed by atoms with Gasteiger partial charge in [0, 0.05) is 44.5 Å². The van der Waals surface area contributed by atoms with E-state index in [0.29, 0.717) is 28.3 Å². The third kappa shape index (κ3) is 7.63. The number of nitrogens with one attached hydrogen (secondary N) is 1. The number of amidine groups is 2. The van der Waals surface area contributed by atoms with Crippen LogP contribution in [0.5, 0.6) is 5.75 Å². The SMILES string of the molecule is N=C(N)c1cccc(/C=C(\F)CN(c2ccc(OC3CCN(C4=NCCC4)CC3)c(C(N)=O)c2)S(=O)(=O)CC(=O)O)c1. The number of carbonyl (C=O) groups excluding carboxylic acids is 1. The van der Waals surface area contributed by atoms with Crippen LogP contribution in [0.3, 0.4) is 0 Å². The van der Waals surface area contributed by atoms with Crippen molar-refractivity contribution in [2.75, 3.05) is 36.2 Å². The molecule has 0 aliphatic carbocycles. The van der Waals surface area contributed by atoms with Gasteiger partial charge in [0.05, 0.1) is 23.6 Å². The number of primary amides is 1. The van der Waals surface area contributed by atoms with Gasteiger partial charge in [-0.25, -0.2) is 12.8 Å². The Morgan fingerprint density at radius 2 is 1.93 bits per heavy atom. The minimum absolute atomic E-state index is 0.121. The first-order valence-electron chi connectivity index (χ1n) is 13.3. The summed E-state index contributed by atoms with van der Waals surface area (Å²) in [4.78, 5) is 30.5. The van der Waals surface area contributed by atoms with Crippen molar-refractivity contribution < 1.29 is 32.2 Å². The fraction of sp³-hybridized carbons (Fsp3) is 0.357. The Morgan fingerprint density at radius 3 is 2.55 bits per heavy atom. The number of aliphatic carboxylic acids is 1. The number of anilines is 1. The molecular weight excluding hydrogens is 567 g/mol. The van der Waals surface area contributed by atoms with Gasteiger partial charge >= 0.3 is 5.97 Å². The summed E-state index contributed by atoms with van der Waals surface area (Å²) in [6.45, 7) is 1.47. The summed E-state index contributed by atoms with van der Waals surface area (Å²) in [5, 5.41) is 16.8. The zero-order chi connectivity index (χ0) is 30.4. The summed E-state index contributed by atoms with van der Waals surface area (Å²) in [7, 11) is -4.59. The van der Waals surface area contributed by atoms with Crippen LogP contribution in [0.4, 0.5) is 10.1 Å². The molecular formula is C28H33FN6O6S. The number of aliphatic imine (C=N–C) groups is 1. The van der Waals surface area contributed by atoms with Gasteiger partial charge in [-0.2, -0.15) is 0 Å². The van der Waals surface area contributed by atoms with Crippen molar-refractivity contribution in [2.24, 2.45) is 16.5 Å². The number of rotatable bonds is 11. The summed E-state index contributed by atoms with van der Waals surface area (Å²) in [5.74, 6) is -3.74. The van der Waals surface area contributed by atoms with Crippen LogP contribution in [-0.2, 0) is 14.8 Å². The number of benzene rings is 2. The van der Waals surface area contributed by atoms with Gasteiger partial charge in [0.2, 0.25) is 10.0 Å². The smallest absolute Gasteiger partial charge is 0.320 e. The van der Waals surface area contributed by atoms with Gasteiger partial charge in [-0.3, -0.25) is 24.3 Å². The highest BCUT2D eigenvalue weighted by Crippen LogP contribution is 2.30. The molecule has 2 aromatic rings. The molecule has 2 heterocycles. The molecule has 1 fully saturated rings. The Balaban J connectivity index is 1.59. The second kappa shape index (κ2) is 13.0. The lowest BCUT2D eigenvalue weighted by Crippen LogP contribution is -2.41. The fourth-order valence-corrected chi connectivity index (χ4v) is 6.13. The number of amides is 1. The molecule has 0 atom stereocenters. The average molecular weight is 601 g/mol. The number of carboxylic acid groups (broad SMARTS) is 1. The topological polar surface area (TPSA) is 192 Å². The highest BCUT2D eigenvalue weighted by molar-refractivity contribution is 7.93. The molecule has 0 saturated carbocycles. The van der Waals surface area contributed by atoms with E-state index in [2.05, 4.69) is 9.89 Å². The van der Waals surface area contributed by atoms with Crippen LogP contribution < -0.4 is 20.5 Å². The number of nitrogens with two attached hydrogens (primary N) is 2. The van der Waals surface area contributed by atoms with Crippen molar-refractivity contribution in [3.8, 4) is 5.75 Å². The van der Waals surface area contributed by atoms with E-state index in [9.17, 15) is 23.1 Å². The number of ether oxygens (including phenoxy) is 1. The Hall–Kier alpha value is -4.46. The van der Waals surface area contributed by atoms with Gasteiger partial charge in [-0.05, 0) is 42.3 Å². The van der Waals surface area contributed by atoms with E-state index >= 15 is 4.39 Å². The molecule has 2 aliphatic rings. The molecule has 1 saturated heterocycles. The number of sulfonamides is 1. The molecule has 4 rings (SSSR count). The molecule has 0 radical (unpaired) electrons. The fourth-order valence-electron chi connectivity index (χ4n) is 4.91. The van der Waals surface area contributed by atoms with Crippen molar-refractivity contribution in [2.45, 2.75) is 31.8 Å². The first kappa shape index (κ1) is 30.5. The molecule has 6 N–H and O–H groups in total. The zero-order valence-electron chi connectivity index (χ0n) is 22.8. The number of carboxylic acids is 1. The lowest BCUT2D eigenvalue weighted by atomic mass is 10.1. The standard InChI is InChI=1S/C28H33FN6O6S/c29-20(14-18-3-1-4-19(13-18)27(30)31)16-35(42(39,40)17-26(36)37)21-6-7-24(23(15-21)28(32)38)41-22-8-11-34(12-9-22)25-5-2-10-33-25/h1,3-4,6-7,13-15,22H,2,5,8-12,16-17H2,(H3,30,31)(H2,32,38)(H,36,37)/b20-14-. The van der Waals surface area contributed by atoms with Crippen LogP contribution in [0, 0.1) is 5.41 Å². The molecule has 42 heavy (non-hydrogen) atoms. The molecule has 224 valence electrons. The number of hydrogen-bond donors (Lipinski definition) is 4. The summed E-state index contributed by atoms with van der Waals surface area (Å²) >= 11 is 0. The van der Waals surface area contributed by atoms with Gasteiger partial charge in [0.15, 0.2) is 5.75 Å². The number of piperidine rings is 1. The van der Waals surface area contributed by atoms with Crippen molar-refractivity contribution in [1.82, 2.24) is 4.90 Å². The second-order valence-electron chi connectivity index (χ2n) is 10.0. The summed E-state index contributed by atoms with van der Waals surface area (Å²) in [5.41, 5.74) is 11.5. The van der Waals surface area contributed by atoms with Crippen LogP contribution in [0.2, 0.25) is 0 Å². The lowest BCUT2D eigenvalue weighted by molar-refractivity contribution is -0.134. The van der Waals surface area contributed by atoms with Gasteiger partial charge in [-0.15, -0.1) is 0 Å². The summed E-state index contributed by atoms with van der Waals surface area (Å²) in [6, 6.07) is 9.94. The maximum atomic E-state index is 15.2. The summed E-state index contributed by atoms with van der Waals surface area (Å²) < 4.78 is 48.0. The van der Waals surface area contributed by atoms with E-state index in [-0.39, 0.29) is 28.9 Å². The Labute approximate surface area is 243 Å². The predicted octanol–water partition coefficient (Wildman–Crippen LogP) is 2.34. The molecule has 0 unspecified atom stereocenters. The molecule has 0 spiro atoms. The highest BCUT2D eigenvalue weighted by Gasteiger charge is 2.29. The molecule has 0 bridgehead atoms. The summed E-state index contributed by atoms with van der Waals surface area (Å²) in [6.07, 6.45) is 4.20. The largest absolute Gasteiger partial charge is 0.489 e. The molecule has 2 aliphatic heterocycles. The Bertz CT molecular complexity index is 1540. The highest BCUT2D eigenvalue weighted by atomic mass is 32.2. The molecule has 2 aromatic carbocycles. The number of likely N-dealkylation sites (tertiary alicyclic amines) is 1. The van der Waals surface area contributed by atoms with Crippen molar-refractivity contribution in [3.63, 3.8) is 0 Å². The van der Waals surface area contributed by atoms with E-state index in [1.54, 1.807) is 12.1 Å². The van der Waals surface area contributed by atoms with Crippen molar-refractivity contribution in [1.29, 1.82) is 5.41 Å². The number of hydrogen-bond acceptors (Lipinski definition) is 8. The average Bonchev–Trinajstić information content (AvgIpc) is 3.47. The number of nitrogen functional groups attached to an aromatic ring is 1. The van der Waals surface area contributed by atoms with E-state index in [1.807, 2.05) is 0 Å². The first-order chi connectivity index (χ1) is 19.9. The zero-order valence-corrected chi connectivity index (χ0v) is 23.6. The molecule has 14 heteroatoms. The van der Waals surface area contributed by atoms with Crippen LogP contribution in [-0.4, -0.2) is 80.0 Å². The maximum absolute atomic E-state index is 15.2. The van der Waals surface area contributed by atoms with Crippen LogP contribution >= 0.6 is 0 Å². The Morgan fingerprint density at radius 1 is 1.19 bits per heavy atom. The van der Waals surface area contributed by atoms with Crippen molar-refractivity contribution >= 4 is 45.3 Å². The van der Waals surface area contributed by atoms with E-state index in [4.69, 9.17) is 21.6 Å². The van der Waals surface area contributed by atoms with Gasteiger partial charge in [0.25, 0.3) is 5.91 Å². The third-order valence-electron chi connectivity index (χ3n) is 6.93. The van der Waals surface area contributed by atoms with Gasteiger partial charge in [-0.1, -0.05) is 18.2 Å². The Kier molecular flexibility index (Phi) is 9.45.